The van der Waals surface area contributed by atoms with E-state index in [-0.39, 0.29) is 41.5 Å². The van der Waals surface area contributed by atoms with E-state index in [1.807, 2.05) is 17.1 Å². The normalized spacial score (nSPS) is 32.2. The molecule has 4 aliphatic rings. The molecule has 3 fully saturated rings. The van der Waals surface area contributed by atoms with E-state index < -0.39 is 0 Å². The van der Waals surface area contributed by atoms with E-state index in [4.69, 9.17) is 0 Å². The minimum absolute atomic E-state index is 0.0147. The minimum atomic E-state index is -0.157. The fourth-order valence-corrected chi connectivity index (χ4v) is 4.59. The molecule has 2 unspecified atom stereocenters. The Morgan fingerprint density at radius 2 is 1.48 bits per heavy atom. The second-order valence-corrected chi connectivity index (χ2v) is 7.43. The largest absolute Gasteiger partial charge is 0.338 e. The predicted octanol–water partition coefficient (Wildman–Crippen LogP) is 1.73. The van der Waals surface area contributed by atoms with E-state index in [0.29, 0.717) is 25.9 Å². The Morgan fingerprint density at radius 1 is 0.913 bits per heavy atom. The monoisotopic (exact) mass is 316 g/mol. The van der Waals surface area contributed by atoms with Crippen LogP contribution in [-0.4, -0.2) is 46.7 Å². The number of carbonyl (C=O) groups excluding carboxylic acids is 3. The summed E-state index contributed by atoms with van der Waals surface area (Å²) in [5.41, 5.74) is 0. The fraction of sp³-hybridized carbons (Fsp3) is 0.722. The number of imide groups is 1. The van der Waals surface area contributed by atoms with Gasteiger partial charge in [0.25, 0.3) is 0 Å². The first-order valence-corrected chi connectivity index (χ1v) is 8.97. The number of fused-ring (bicyclic) bond motifs is 1. The maximum absolute atomic E-state index is 12.5. The van der Waals surface area contributed by atoms with Crippen molar-refractivity contribution in [2.75, 3.05) is 13.1 Å². The summed E-state index contributed by atoms with van der Waals surface area (Å²) < 4.78 is 0. The minimum Gasteiger partial charge on any atom is -0.338 e. The summed E-state index contributed by atoms with van der Waals surface area (Å²) in [4.78, 5) is 40.9. The number of allylic oxidation sites excluding steroid dienone is 2. The molecule has 0 N–H and O–H groups in total. The molecule has 124 valence electrons. The van der Waals surface area contributed by atoms with Crippen LogP contribution in [0.15, 0.2) is 12.2 Å². The highest BCUT2D eigenvalue weighted by Crippen LogP contribution is 2.38. The third kappa shape index (κ3) is 2.41. The van der Waals surface area contributed by atoms with Crippen LogP contribution in [0.1, 0.15) is 44.9 Å². The molecule has 2 heterocycles. The van der Waals surface area contributed by atoms with Crippen LogP contribution < -0.4 is 0 Å². The summed E-state index contributed by atoms with van der Waals surface area (Å²) in [6, 6.07) is -0.0897. The van der Waals surface area contributed by atoms with Crippen molar-refractivity contribution in [2.24, 2.45) is 17.8 Å². The van der Waals surface area contributed by atoms with Crippen LogP contribution in [0.2, 0.25) is 0 Å². The van der Waals surface area contributed by atoms with Crippen LogP contribution in [0.5, 0.6) is 0 Å². The fourth-order valence-electron chi connectivity index (χ4n) is 4.59. The maximum atomic E-state index is 12.5. The Bertz CT molecular complexity index is 533. The topological polar surface area (TPSA) is 57.7 Å². The van der Waals surface area contributed by atoms with E-state index in [2.05, 4.69) is 0 Å². The van der Waals surface area contributed by atoms with Gasteiger partial charge in [0, 0.05) is 19.0 Å². The van der Waals surface area contributed by atoms with Crippen LogP contribution in [0.25, 0.3) is 0 Å². The molecule has 5 nitrogen and oxygen atoms in total. The van der Waals surface area contributed by atoms with Gasteiger partial charge in [-0.3, -0.25) is 19.3 Å². The third-order valence-electron chi connectivity index (χ3n) is 6.04. The first kappa shape index (κ1) is 14.9. The predicted molar refractivity (Wildman–Crippen MR) is 84.2 cm³/mol. The van der Waals surface area contributed by atoms with E-state index in [1.54, 1.807) is 0 Å². The number of amides is 3. The molecule has 0 aromatic carbocycles. The average molecular weight is 316 g/mol. The van der Waals surface area contributed by atoms with Crippen molar-refractivity contribution in [2.45, 2.75) is 51.0 Å². The second kappa shape index (κ2) is 5.77. The van der Waals surface area contributed by atoms with Crippen molar-refractivity contribution in [1.82, 2.24) is 9.80 Å². The van der Waals surface area contributed by atoms with Crippen LogP contribution in [0, 0.1) is 17.8 Å². The molecule has 0 aromatic rings. The summed E-state index contributed by atoms with van der Waals surface area (Å²) in [7, 11) is 0. The molecule has 5 heteroatoms. The smallest absolute Gasteiger partial charge is 0.233 e. The molecule has 0 bridgehead atoms. The van der Waals surface area contributed by atoms with Gasteiger partial charge in [-0.15, -0.1) is 0 Å². The van der Waals surface area contributed by atoms with Gasteiger partial charge in [0.05, 0.1) is 17.9 Å². The van der Waals surface area contributed by atoms with Gasteiger partial charge in [0.1, 0.15) is 0 Å². The third-order valence-corrected chi connectivity index (χ3v) is 6.04. The second-order valence-electron chi connectivity index (χ2n) is 7.43. The molecule has 3 amide bonds. The molecule has 4 rings (SSSR count). The SMILES string of the molecule is O=C(C1CCCCC1)N1CC(N2C(=O)C3CC=CCC3C2=O)C1. The molecule has 23 heavy (non-hydrogen) atoms. The van der Waals surface area contributed by atoms with Crippen LogP contribution >= 0.6 is 0 Å². The van der Waals surface area contributed by atoms with Crippen LogP contribution in [-0.2, 0) is 14.4 Å². The van der Waals surface area contributed by atoms with E-state index in [1.165, 1.54) is 11.3 Å². The molecule has 2 aliphatic carbocycles. The van der Waals surface area contributed by atoms with Crippen LogP contribution in [0.4, 0.5) is 0 Å². The number of carbonyl (C=O) groups is 3. The zero-order chi connectivity index (χ0) is 16.0. The van der Waals surface area contributed by atoms with Crippen molar-refractivity contribution in [1.29, 1.82) is 0 Å². The molecule has 2 aliphatic heterocycles. The molecule has 1 saturated carbocycles. The molecule has 0 radical (unpaired) electrons. The van der Waals surface area contributed by atoms with Crippen molar-refractivity contribution in [3.63, 3.8) is 0 Å². The van der Waals surface area contributed by atoms with Crippen LogP contribution in [0.3, 0.4) is 0 Å². The van der Waals surface area contributed by atoms with Crippen molar-refractivity contribution < 1.29 is 14.4 Å². The van der Waals surface area contributed by atoms with Gasteiger partial charge in [-0.05, 0) is 25.7 Å². The van der Waals surface area contributed by atoms with Gasteiger partial charge < -0.3 is 4.90 Å². The van der Waals surface area contributed by atoms with Gasteiger partial charge in [-0.2, -0.15) is 0 Å². The van der Waals surface area contributed by atoms with Crippen molar-refractivity contribution in [3.05, 3.63) is 12.2 Å². The number of likely N-dealkylation sites (tertiary alicyclic amines) is 2. The lowest BCUT2D eigenvalue weighted by Crippen LogP contribution is -2.63. The summed E-state index contributed by atoms with van der Waals surface area (Å²) in [6.07, 6.45) is 10.9. The standard InChI is InChI=1S/C18H24N2O3/c21-16(12-6-2-1-3-7-12)19-10-13(11-19)20-17(22)14-8-4-5-9-15(14)18(20)23/h4-5,12-15H,1-3,6-11H2. The van der Waals surface area contributed by atoms with Gasteiger partial charge >= 0.3 is 0 Å². The summed E-state index contributed by atoms with van der Waals surface area (Å²) in [6.45, 7) is 1.08. The Labute approximate surface area is 136 Å². The Hall–Kier alpha value is -1.65. The summed E-state index contributed by atoms with van der Waals surface area (Å²) >= 11 is 0. The Balaban J connectivity index is 1.37. The van der Waals surface area contributed by atoms with E-state index >= 15 is 0 Å². The summed E-state index contributed by atoms with van der Waals surface area (Å²) in [5, 5.41) is 0. The Kier molecular flexibility index (Phi) is 3.74. The number of hydrogen-bond donors (Lipinski definition) is 0. The van der Waals surface area contributed by atoms with Crippen molar-refractivity contribution >= 4 is 17.7 Å². The summed E-state index contributed by atoms with van der Waals surface area (Å²) in [5.74, 6) is 0.0602. The lowest BCUT2D eigenvalue weighted by atomic mass is 9.85. The highest BCUT2D eigenvalue weighted by molar-refractivity contribution is 6.06. The number of hydrogen-bond acceptors (Lipinski definition) is 3. The lowest BCUT2D eigenvalue weighted by Gasteiger charge is -2.44. The molecule has 2 atom stereocenters. The average Bonchev–Trinajstić information content (AvgIpc) is 2.80. The lowest BCUT2D eigenvalue weighted by molar-refractivity contribution is -0.155. The molecule has 0 aromatic heterocycles. The van der Waals surface area contributed by atoms with Gasteiger partial charge in [0.2, 0.25) is 17.7 Å². The van der Waals surface area contributed by atoms with Gasteiger partial charge in [-0.1, -0.05) is 31.4 Å². The molecule has 2 saturated heterocycles. The maximum Gasteiger partial charge on any atom is 0.233 e. The molecular weight excluding hydrogens is 292 g/mol. The number of rotatable bonds is 2. The highest BCUT2D eigenvalue weighted by atomic mass is 16.2. The van der Waals surface area contributed by atoms with Crippen molar-refractivity contribution in [3.8, 4) is 0 Å². The molecular formula is C18H24N2O3. The number of nitrogens with zero attached hydrogens (tertiary/aromatic N) is 2. The van der Waals surface area contributed by atoms with Gasteiger partial charge in [-0.25, -0.2) is 0 Å². The zero-order valence-electron chi connectivity index (χ0n) is 13.4. The highest BCUT2D eigenvalue weighted by Gasteiger charge is 2.52. The van der Waals surface area contributed by atoms with Gasteiger partial charge in [0.15, 0.2) is 0 Å². The zero-order valence-corrected chi connectivity index (χ0v) is 13.4. The first-order valence-electron chi connectivity index (χ1n) is 8.97. The quantitative estimate of drug-likeness (QED) is 0.576. The first-order chi connectivity index (χ1) is 11.2. The van der Waals surface area contributed by atoms with E-state index in [9.17, 15) is 14.4 Å². The van der Waals surface area contributed by atoms with E-state index in [0.717, 1.165) is 25.7 Å². The molecule has 0 spiro atoms. The Morgan fingerprint density at radius 3 is 2.04 bits per heavy atom.